The Balaban J connectivity index is 1.54. The van der Waals surface area contributed by atoms with Crippen LogP contribution >= 0.6 is 0 Å². The number of piperazine rings is 1. The molecule has 3 rings (SSSR count). The van der Waals surface area contributed by atoms with Crippen LogP contribution in [-0.4, -0.2) is 42.9 Å². The van der Waals surface area contributed by atoms with Crippen LogP contribution in [0.2, 0.25) is 0 Å². The van der Waals surface area contributed by atoms with Crippen LogP contribution in [0, 0.1) is 0 Å². The first-order valence-electron chi connectivity index (χ1n) is 8.00. The molecule has 21 heavy (non-hydrogen) atoms. The number of ether oxygens (including phenoxy) is 2. The third kappa shape index (κ3) is 3.50. The van der Waals surface area contributed by atoms with Crippen molar-refractivity contribution >= 4 is 0 Å². The van der Waals surface area contributed by atoms with Gasteiger partial charge in [-0.05, 0) is 51.3 Å². The van der Waals surface area contributed by atoms with Crippen LogP contribution in [0.25, 0.3) is 0 Å². The molecule has 4 heteroatoms. The number of nitrogens with one attached hydrogen (secondary N) is 1. The van der Waals surface area contributed by atoms with Crippen molar-refractivity contribution in [3.8, 4) is 11.5 Å². The molecule has 2 aliphatic rings. The van der Waals surface area contributed by atoms with Gasteiger partial charge in [-0.2, -0.15) is 0 Å². The quantitative estimate of drug-likeness (QED) is 0.923. The van der Waals surface area contributed by atoms with Gasteiger partial charge < -0.3 is 14.8 Å². The number of fused-ring (bicyclic) bond motifs is 1. The van der Waals surface area contributed by atoms with Gasteiger partial charge in [0.15, 0.2) is 11.5 Å². The lowest BCUT2D eigenvalue weighted by Gasteiger charge is -2.39. The molecule has 1 fully saturated rings. The second kappa shape index (κ2) is 6.24. The molecule has 2 aliphatic heterocycles. The predicted octanol–water partition coefficient (Wildman–Crippen LogP) is 2.42. The molecule has 0 saturated carbocycles. The van der Waals surface area contributed by atoms with E-state index >= 15 is 0 Å². The Kier molecular flexibility index (Phi) is 4.36. The van der Waals surface area contributed by atoms with Gasteiger partial charge in [0, 0.05) is 31.2 Å². The minimum atomic E-state index is 0.353. The number of hydrogen-bond donors (Lipinski definition) is 1. The van der Waals surface area contributed by atoms with Gasteiger partial charge in [-0.15, -0.1) is 0 Å². The highest BCUT2D eigenvalue weighted by Crippen LogP contribution is 2.33. The second-order valence-corrected chi connectivity index (χ2v) is 6.50. The summed E-state index contributed by atoms with van der Waals surface area (Å²) < 4.78 is 10.8. The van der Waals surface area contributed by atoms with E-state index in [-0.39, 0.29) is 0 Å². The summed E-state index contributed by atoms with van der Waals surface area (Å²) in [5, 5.41) is 3.59. The van der Waals surface area contributed by atoms with Crippen molar-refractivity contribution < 1.29 is 9.47 Å². The molecule has 116 valence electrons. The maximum absolute atomic E-state index is 5.45. The zero-order chi connectivity index (χ0) is 14.8. The third-order valence-electron chi connectivity index (χ3n) is 4.50. The molecular formula is C17H26N2O2. The maximum atomic E-state index is 5.45. The SMILES string of the molecule is CC1CN(C(C)CCc2ccc3c(c2)OCO3)CC(C)N1. The molecule has 4 nitrogen and oxygen atoms in total. The van der Waals surface area contributed by atoms with Crippen molar-refractivity contribution in [2.75, 3.05) is 19.9 Å². The van der Waals surface area contributed by atoms with Crippen LogP contribution in [0.5, 0.6) is 11.5 Å². The summed E-state index contributed by atoms with van der Waals surface area (Å²) in [5.41, 5.74) is 1.34. The zero-order valence-electron chi connectivity index (χ0n) is 13.3. The number of nitrogens with zero attached hydrogens (tertiary/aromatic N) is 1. The Labute approximate surface area is 127 Å². The summed E-state index contributed by atoms with van der Waals surface area (Å²) in [6, 6.07) is 8.09. The molecule has 1 saturated heterocycles. The van der Waals surface area contributed by atoms with E-state index in [0.29, 0.717) is 24.9 Å². The molecule has 0 spiro atoms. The van der Waals surface area contributed by atoms with Crippen molar-refractivity contribution in [2.45, 2.75) is 51.7 Å². The molecule has 0 bridgehead atoms. The van der Waals surface area contributed by atoms with E-state index in [9.17, 15) is 0 Å². The molecule has 3 unspecified atom stereocenters. The fourth-order valence-corrected chi connectivity index (χ4v) is 3.38. The lowest BCUT2D eigenvalue weighted by atomic mass is 10.0. The molecule has 1 aromatic rings. The number of hydrogen-bond acceptors (Lipinski definition) is 4. The molecule has 0 aromatic heterocycles. The normalized spacial score (nSPS) is 26.8. The van der Waals surface area contributed by atoms with E-state index in [0.717, 1.165) is 31.0 Å². The molecule has 3 atom stereocenters. The fourth-order valence-electron chi connectivity index (χ4n) is 3.38. The van der Waals surface area contributed by atoms with Crippen molar-refractivity contribution in [1.29, 1.82) is 0 Å². The van der Waals surface area contributed by atoms with E-state index in [2.05, 4.69) is 43.1 Å². The van der Waals surface area contributed by atoms with Crippen molar-refractivity contribution in [2.24, 2.45) is 0 Å². The summed E-state index contributed by atoms with van der Waals surface area (Å²) in [6.07, 6.45) is 2.27. The van der Waals surface area contributed by atoms with E-state index in [1.165, 1.54) is 12.0 Å². The average Bonchev–Trinajstić information content (AvgIpc) is 2.91. The van der Waals surface area contributed by atoms with Gasteiger partial charge in [0.1, 0.15) is 0 Å². The highest BCUT2D eigenvalue weighted by Gasteiger charge is 2.24. The van der Waals surface area contributed by atoms with Crippen LogP contribution in [0.15, 0.2) is 18.2 Å². The summed E-state index contributed by atoms with van der Waals surface area (Å²) >= 11 is 0. The van der Waals surface area contributed by atoms with Gasteiger partial charge in [0.25, 0.3) is 0 Å². The smallest absolute Gasteiger partial charge is 0.231 e. The monoisotopic (exact) mass is 290 g/mol. The highest BCUT2D eigenvalue weighted by atomic mass is 16.7. The van der Waals surface area contributed by atoms with E-state index in [4.69, 9.17) is 9.47 Å². The standard InChI is InChI=1S/C17H26N2O2/c1-12-9-19(10-13(2)18-12)14(3)4-5-15-6-7-16-17(8-15)21-11-20-16/h6-8,12-14,18H,4-5,9-11H2,1-3H3. The Morgan fingerprint density at radius 3 is 2.67 bits per heavy atom. The van der Waals surface area contributed by atoms with Crippen LogP contribution in [0.4, 0.5) is 0 Å². The molecule has 1 aromatic carbocycles. The van der Waals surface area contributed by atoms with Crippen LogP contribution in [0.3, 0.4) is 0 Å². The molecule has 0 amide bonds. The van der Waals surface area contributed by atoms with Gasteiger partial charge in [0.2, 0.25) is 6.79 Å². The van der Waals surface area contributed by atoms with Gasteiger partial charge >= 0.3 is 0 Å². The maximum Gasteiger partial charge on any atom is 0.231 e. The van der Waals surface area contributed by atoms with E-state index in [1.54, 1.807) is 0 Å². The fraction of sp³-hybridized carbons (Fsp3) is 0.647. The topological polar surface area (TPSA) is 33.7 Å². The Morgan fingerprint density at radius 1 is 1.19 bits per heavy atom. The first-order valence-corrected chi connectivity index (χ1v) is 8.00. The van der Waals surface area contributed by atoms with Gasteiger partial charge in [0.05, 0.1) is 0 Å². The number of rotatable bonds is 4. The lowest BCUT2D eigenvalue weighted by Crippen LogP contribution is -2.56. The number of aryl methyl sites for hydroxylation is 1. The van der Waals surface area contributed by atoms with E-state index < -0.39 is 0 Å². The lowest BCUT2D eigenvalue weighted by molar-refractivity contribution is 0.126. The molecule has 0 radical (unpaired) electrons. The Bertz CT molecular complexity index is 482. The van der Waals surface area contributed by atoms with Gasteiger partial charge in [-0.1, -0.05) is 6.07 Å². The highest BCUT2D eigenvalue weighted by molar-refractivity contribution is 5.44. The van der Waals surface area contributed by atoms with Crippen molar-refractivity contribution in [3.05, 3.63) is 23.8 Å². The van der Waals surface area contributed by atoms with Gasteiger partial charge in [-0.3, -0.25) is 4.90 Å². The average molecular weight is 290 g/mol. The Morgan fingerprint density at radius 2 is 1.90 bits per heavy atom. The predicted molar refractivity (Wildman–Crippen MR) is 84.0 cm³/mol. The first-order chi connectivity index (χ1) is 10.1. The molecule has 2 heterocycles. The summed E-state index contributed by atoms with van der Waals surface area (Å²) in [6.45, 7) is 9.53. The minimum absolute atomic E-state index is 0.353. The van der Waals surface area contributed by atoms with Crippen LogP contribution < -0.4 is 14.8 Å². The Hall–Kier alpha value is -1.26. The second-order valence-electron chi connectivity index (χ2n) is 6.50. The zero-order valence-corrected chi connectivity index (χ0v) is 13.3. The molecule has 1 N–H and O–H groups in total. The molecular weight excluding hydrogens is 264 g/mol. The summed E-state index contributed by atoms with van der Waals surface area (Å²) in [5.74, 6) is 1.76. The minimum Gasteiger partial charge on any atom is -0.454 e. The van der Waals surface area contributed by atoms with Crippen LogP contribution in [-0.2, 0) is 6.42 Å². The van der Waals surface area contributed by atoms with E-state index in [1.807, 2.05) is 6.07 Å². The van der Waals surface area contributed by atoms with Crippen molar-refractivity contribution in [1.82, 2.24) is 10.2 Å². The molecule has 0 aliphatic carbocycles. The third-order valence-corrected chi connectivity index (χ3v) is 4.50. The number of benzene rings is 1. The van der Waals surface area contributed by atoms with Crippen molar-refractivity contribution in [3.63, 3.8) is 0 Å². The summed E-state index contributed by atoms with van der Waals surface area (Å²) in [4.78, 5) is 2.61. The summed E-state index contributed by atoms with van der Waals surface area (Å²) in [7, 11) is 0. The van der Waals surface area contributed by atoms with Crippen LogP contribution in [0.1, 0.15) is 32.8 Å². The largest absolute Gasteiger partial charge is 0.454 e. The van der Waals surface area contributed by atoms with Gasteiger partial charge in [-0.25, -0.2) is 0 Å². The first kappa shape index (κ1) is 14.7.